The van der Waals surface area contributed by atoms with Gasteiger partial charge in [0.25, 0.3) is 0 Å². The molecule has 118 valence electrons. The van der Waals surface area contributed by atoms with E-state index in [1.165, 1.54) is 12.0 Å². The molecule has 1 amide bonds. The highest BCUT2D eigenvalue weighted by molar-refractivity contribution is 5.87. The predicted octanol–water partition coefficient (Wildman–Crippen LogP) is 2.96. The van der Waals surface area contributed by atoms with Crippen LogP contribution in [0, 0.1) is 17.8 Å². The molecule has 1 N–H and O–H groups in total. The van der Waals surface area contributed by atoms with E-state index in [-0.39, 0.29) is 5.91 Å². The third-order valence-electron chi connectivity index (χ3n) is 4.72. The van der Waals surface area contributed by atoms with Gasteiger partial charge in [-0.05, 0) is 55.1 Å². The van der Waals surface area contributed by atoms with E-state index in [1.54, 1.807) is 6.08 Å². The first-order valence-corrected chi connectivity index (χ1v) is 8.39. The highest BCUT2D eigenvalue weighted by Gasteiger charge is 2.34. The Bertz CT molecular complexity index is 505. The Morgan fingerprint density at radius 1 is 1.23 bits per heavy atom. The number of benzene rings is 1. The molecule has 1 aromatic rings. The average Bonchev–Trinajstić information content (AvgIpc) is 3.31. The fourth-order valence-electron chi connectivity index (χ4n) is 3.12. The number of nitrogens with one attached hydrogen (secondary N) is 1. The largest absolute Gasteiger partial charge is 0.381 e. The molecular weight excluding hydrogens is 274 g/mol. The minimum absolute atomic E-state index is 0.0526. The summed E-state index contributed by atoms with van der Waals surface area (Å²) in [5, 5.41) is 3.02. The molecule has 3 heteroatoms. The van der Waals surface area contributed by atoms with Crippen LogP contribution in [0.1, 0.15) is 24.8 Å². The molecule has 1 aliphatic carbocycles. The number of allylic oxidation sites excluding steroid dienone is 1. The van der Waals surface area contributed by atoms with E-state index in [0.29, 0.717) is 17.8 Å². The summed E-state index contributed by atoms with van der Waals surface area (Å²) in [7, 11) is 0. The molecule has 0 aromatic heterocycles. The van der Waals surface area contributed by atoms with Gasteiger partial charge in [0, 0.05) is 19.8 Å². The van der Waals surface area contributed by atoms with Gasteiger partial charge < -0.3 is 10.1 Å². The van der Waals surface area contributed by atoms with E-state index in [0.717, 1.165) is 39.0 Å². The highest BCUT2D eigenvalue weighted by atomic mass is 16.5. The van der Waals surface area contributed by atoms with E-state index in [4.69, 9.17) is 4.74 Å². The Kier molecular flexibility index (Phi) is 5.28. The van der Waals surface area contributed by atoms with Crippen molar-refractivity contribution in [3.05, 3.63) is 48.0 Å². The third-order valence-corrected chi connectivity index (χ3v) is 4.72. The predicted molar refractivity (Wildman–Crippen MR) is 87.4 cm³/mol. The van der Waals surface area contributed by atoms with Gasteiger partial charge in [-0.2, -0.15) is 0 Å². The first-order chi connectivity index (χ1) is 10.8. The van der Waals surface area contributed by atoms with E-state index in [1.807, 2.05) is 0 Å². The molecule has 0 spiro atoms. The van der Waals surface area contributed by atoms with Crippen molar-refractivity contribution in [1.82, 2.24) is 5.32 Å². The van der Waals surface area contributed by atoms with Gasteiger partial charge in [-0.25, -0.2) is 0 Å². The number of rotatable bonds is 6. The molecular formula is C19H25NO2. The van der Waals surface area contributed by atoms with Crippen LogP contribution in [0.2, 0.25) is 0 Å². The van der Waals surface area contributed by atoms with Crippen molar-refractivity contribution in [1.29, 1.82) is 0 Å². The Morgan fingerprint density at radius 3 is 2.77 bits per heavy atom. The summed E-state index contributed by atoms with van der Waals surface area (Å²) in [6, 6.07) is 10.6. The van der Waals surface area contributed by atoms with Crippen LogP contribution >= 0.6 is 0 Å². The van der Waals surface area contributed by atoms with E-state index < -0.39 is 0 Å². The zero-order chi connectivity index (χ0) is 15.2. The minimum Gasteiger partial charge on any atom is -0.381 e. The molecule has 2 aliphatic rings. The summed E-state index contributed by atoms with van der Waals surface area (Å²) < 4.78 is 5.33. The van der Waals surface area contributed by atoms with Crippen molar-refractivity contribution in [2.24, 2.45) is 17.8 Å². The van der Waals surface area contributed by atoms with Crippen LogP contribution in [0.3, 0.4) is 0 Å². The molecule has 1 aliphatic heterocycles. The van der Waals surface area contributed by atoms with Gasteiger partial charge in [0.15, 0.2) is 0 Å². The van der Waals surface area contributed by atoms with E-state index in [2.05, 4.69) is 41.7 Å². The third kappa shape index (κ3) is 4.70. The van der Waals surface area contributed by atoms with Crippen LogP contribution in [0.4, 0.5) is 0 Å². The molecule has 2 unspecified atom stereocenters. The molecule has 0 radical (unpaired) electrons. The fraction of sp³-hybridized carbons (Fsp3) is 0.526. The van der Waals surface area contributed by atoms with Gasteiger partial charge >= 0.3 is 0 Å². The maximum Gasteiger partial charge on any atom is 0.243 e. The summed E-state index contributed by atoms with van der Waals surface area (Å²) in [6.07, 6.45) is 8.28. The average molecular weight is 299 g/mol. The monoisotopic (exact) mass is 299 g/mol. The lowest BCUT2D eigenvalue weighted by atomic mass is 10.0. The summed E-state index contributed by atoms with van der Waals surface area (Å²) in [5.74, 6) is 1.92. The topological polar surface area (TPSA) is 38.3 Å². The standard InChI is InChI=1S/C19H25NO2/c21-19(20-14-16-8-10-22-11-9-16)7-6-17-13-18(17)12-15-4-2-1-3-5-15/h1-7,16-18H,8-14H2,(H,20,21). The lowest BCUT2D eigenvalue weighted by Crippen LogP contribution is -2.31. The number of carbonyl (C=O) groups is 1. The summed E-state index contributed by atoms with van der Waals surface area (Å²) in [6.45, 7) is 2.45. The van der Waals surface area contributed by atoms with Gasteiger partial charge in [0.2, 0.25) is 5.91 Å². The number of amides is 1. The van der Waals surface area contributed by atoms with Crippen LogP contribution in [0.5, 0.6) is 0 Å². The lowest BCUT2D eigenvalue weighted by Gasteiger charge is -2.21. The molecule has 22 heavy (non-hydrogen) atoms. The van der Waals surface area contributed by atoms with Crippen LogP contribution in [-0.2, 0) is 16.0 Å². The maximum atomic E-state index is 11.9. The molecule has 2 atom stereocenters. The Morgan fingerprint density at radius 2 is 2.00 bits per heavy atom. The molecule has 0 bridgehead atoms. The highest BCUT2D eigenvalue weighted by Crippen LogP contribution is 2.42. The minimum atomic E-state index is 0.0526. The normalized spacial score (nSPS) is 25.3. The van der Waals surface area contributed by atoms with Gasteiger partial charge in [-0.15, -0.1) is 0 Å². The molecule has 1 heterocycles. The SMILES string of the molecule is O=C(C=CC1CC1Cc1ccccc1)NCC1CCOCC1. The molecule has 1 saturated carbocycles. The number of carbonyl (C=O) groups excluding carboxylic acids is 1. The Balaban J connectivity index is 1.34. The van der Waals surface area contributed by atoms with E-state index in [9.17, 15) is 4.79 Å². The quantitative estimate of drug-likeness (QED) is 0.820. The zero-order valence-electron chi connectivity index (χ0n) is 13.0. The molecule has 1 saturated heterocycles. The van der Waals surface area contributed by atoms with Gasteiger partial charge in [-0.3, -0.25) is 4.79 Å². The first kappa shape index (κ1) is 15.3. The molecule has 2 fully saturated rings. The van der Waals surface area contributed by atoms with Crippen LogP contribution in [-0.4, -0.2) is 25.7 Å². The van der Waals surface area contributed by atoms with Crippen LogP contribution in [0.15, 0.2) is 42.5 Å². The summed E-state index contributed by atoms with van der Waals surface area (Å²) in [4.78, 5) is 11.9. The number of hydrogen-bond donors (Lipinski definition) is 1. The number of hydrogen-bond acceptors (Lipinski definition) is 2. The van der Waals surface area contributed by atoms with Crippen LogP contribution in [0.25, 0.3) is 0 Å². The lowest BCUT2D eigenvalue weighted by molar-refractivity contribution is -0.116. The van der Waals surface area contributed by atoms with Crippen molar-refractivity contribution in [2.75, 3.05) is 19.8 Å². The van der Waals surface area contributed by atoms with Crippen molar-refractivity contribution in [3.8, 4) is 0 Å². The van der Waals surface area contributed by atoms with Crippen molar-refractivity contribution in [3.63, 3.8) is 0 Å². The van der Waals surface area contributed by atoms with E-state index >= 15 is 0 Å². The summed E-state index contributed by atoms with van der Waals surface area (Å²) in [5.41, 5.74) is 1.40. The maximum absolute atomic E-state index is 11.9. The molecule has 3 nitrogen and oxygen atoms in total. The molecule has 3 rings (SSSR count). The van der Waals surface area contributed by atoms with Crippen molar-refractivity contribution < 1.29 is 9.53 Å². The Hall–Kier alpha value is -1.61. The van der Waals surface area contributed by atoms with Gasteiger partial charge in [0.1, 0.15) is 0 Å². The zero-order valence-corrected chi connectivity index (χ0v) is 13.0. The molecule has 1 aromatic carbocycles. The summed E-state index contributed by atoms with van der Waals surface area (Å²) >= 11 is 0. The van der Waals surface area contributed by atoms with Gasteiger partial charge in [0.05, 0.1) is 0 Å². The van der Waals surface area contributed by atoms with Crippen molar-refractivity contribution >= 4 is 5.91 Å². The number of ether oxygens (including phenoxy) is 1. The second-order valence-electron chi connectivity index (χ2n) is 6.51. The second-order valence-corrected chi connectivity index (χ2v) is 6.51. The van der Waals surface area contributed by atoms with Gasteiger partial charge in [-0.1, -0.05) is 36.4 Å². The van der Waals surface area contributed by atoms with Crippen LogP contribution < -0.4 is 5.32 Å². The first-order valence-electron chi connectivity index (χ1n) is 8.39. The Labute approximate surface area is 132 Å². The van der Waals surface area contributed by atoms with Crippen molar-refractivity contribution in [2.45, 2.75) is 25.7 Å². The fourth-order valence-corrected chi connectivity index (χ4v) is 3.12. The second kappa shape index (κ2) is 7.59. The smallest absolute Gasteiger partial charge is 0.243 e.